The first-order valence-electron chi connectivity index (χ1n) is 6.20. The summed E-state index contributed by atoms with van der Waals surface area (Å²) in [6, 6.07) is 13.3. The van der Waals surface area contributed by atoms with Gasteiger partial charge in [0.1, 0.15) is 11.5 Å². The summed E-state index contributed by atoms with van der Waals surface area (Å²) in [5.74, 6) is 1.91. The molecule has 5 heteroatoms. The second-order valence-electron chi connectivity index (χ2n) is 4.33. The number of methoxy groups -OCH3 is 2. The lowest BCUT2D eigenvalue weighted by atomic mass is 10.2. The van der Waals surface area contributed by atoms with E-state index in [1.807, 2.05) is 47.0 Å². The molecular formula is C15H15N3O2. The van der Waals surface area contributed by atoms with Crippen molar-refractivity contribution in [2.45, 2.75) is 0 Å². The summed E-state index contributed by atoms with van der Waals surface area (Å²) < 4.78 is 12.5. The third kappa shape index (κ3) is 1.84. The fraction of sp³-hybridized carbons (Fsp3) is 0.133. The van der Waals surface area contributed by atoms with Gasteiger partial charge in [-0.25, -0.2) is 4.98 Å². The van der Waals surface area contributed by atoms with Gasteiger partial charge in [0.15, 0.2) is 0 Å². The van der Waals surface area contributed by atoms with Gasteiger partial charge < -0.3 is 15.2 Å². The van der Waals surface area contributed by atoms with Crippen LogP contribution in [0.5, 0.6) is 11.5 Å². The van der Waals surface area contributed by atoms with Gasteiger partial charge in [-0.05, 0) is 24.3 Å². The van der Waals surface area contributed by atoms with Crippen LogP contribution in [0.2, 0.25) is 0 Å². The van der Waals surface area contributed by atoms with Crippen molar-refractivity contribution >= 4 is 17.0 Å². The van der Waals surface area contributed by atoms with E-state index < -0.39 is 0 Å². The van der Waals surface area contributed by atoms with E-state index >= 15 is 0 Å². The van der Waals surface area contributed by atoms with Crippen molar-refractivity contribution in [3.8, 4) is 17.2 Å². The monoisotopic (exact) mass is 269 g/mol. The molecule has 0 saturated carbocycles. The van der Waals surface area contributed by atoms with E-state index in [0.717, 1.165) is 28.2 Å². The van der Waals surface area contributed by atoms with Crippen molar-refractivity contribution in [2.24, 2.45) is 0 Å². The van der Waals surface area contributed by atoms with Crippen LogP contribution < -0.4 is 15.2 Å². The highest BCUT2D eigenvalue weighted by molar-refractivity contribution is 5.83. The molecule has 0 spiro atoms. The van der Waals surface area contributed by atoms with Crippen LogP contribution in [0, 0.1) is 0 Å². The topological polar surface area (TPSA) is 62.3 Å². The lowest BCUT2D eigenvalue weighted by Gasteiger charge is -2.11. The number of aromatic nitrogens is 2. The Bertz CT molecular complexity index is 765. The Labute approximate surface area is 116 Å². The van der Waals surface area contributed by atoms with Crippen LogP contribution in [0.4, 0.5) is 5.95 Å². The average Bonchev–Trinajstić information content (AvgIpc) is 2.81. The van der Waals surface area contributed by atoms with Crippen LogP contribution in [-0.4, -0.2) is 23.8 Å². The van der Waals surface area contributed by atoms with Crippen molar-refractivity contribution in [3.05, 3.63) is 42.5 Å². The van der Waals surface area contributed by atoms with Crippen LogP contribution >= 0.6 is 0 Å². The quantitative estimate of drug-likeness (QED) is 0.794. The number of para-hydroxylation sites is 2. The van der Waals surface area contributed by atoms with E-state index in [4.69, 9.17) is 15.2 Å². The van der Waals surface area contributed by atoms with E-state index in [2.05, 4.69) is 4.98 Å². The third-order valence-corrected chi connectivity index (χ3v) is 3.21. The van der Waals surface area contributed by atoms with Crippen LogP contribution in [-0.2, 0) is 0 Å². The highest BCUT2D eigenvalue weighted by atomic mass is 16.5. The summed E-state index contributed by atoms with van der Waals surface area (Å²) in [4.78, 5) is 4.37. The molecule has 1 heterocycles. The zero-order valence-electron chi connectivity index (χ0n) is 11.3. The minimum absolute atomic E-state index is 0.415. The highest BCUT2D eigenvalue weighted by Crippen LogP contribution is 2.30. The zero-order valence-corrected chi connectivity index (χ0v) is 11.3. The van der Waals surface area contributed by atoms with Gasteiger partial charge >= 0.3 is 0 Å². The predicted octanol–water partition coefficient (Wildman–Crippen LogP) is 2.62. The maximum absolute atomic E-state index is 6.06. The highest BCUT2D eigenvalue weighted by Gasteiger charge is 2.14. The molecule has 0 aliphatic heterocycles. The number of fused-ring (bicyclic) bond motifs is 1. The van der Waals surface area contributed by atoms with Gasteiger partial charge in [0.25, 0.3) is 0 Å². The number of imidazole rings is 1. The van der Waals surface area contributed by atoms with Gasteiger partial charge in [0, 0.05) is 6.07 Å². The number of nitrogen functional groups attached to an aromatic ring is 1. The van der Waals surface area contributed by atoms with E-state index in [0.29, 0.717) is 5.95 Å². The van der Waals surface area contributed by atoms with Gasteiger partial charge in [0.2, 0.25) is 5.95 Å². The molecule has 0 aliphatic carbocycles. The van der Waals surface area contributed by atoms with E-state index in [1.165, 1.54) is 0 Å². The fourth-order valence-electron chi connectivity index (χ4n) is 2.27. The molecule has 2 aromatic carbocycles. The van der Waals surface area contributed by atoms with Gasteiger partial charge in [-0.3, -0.25) is 4.57 Å². The molecule has 102 valence electrons. The minimum atomic E-state index is 0.415. The van der Waals surface area contributed by atoms with Gasteiger partial charge in [-0.2, -0.15) is 0 Å². The Hall–Kier alpha value is -2.69. The van der Waals surface area contributed by atoms with Crippen molar-refractivity contribution in [2.75, 3.05) is 20.0 Å². The Morgan fingerprint density at radius 1 is 1.05 bits per heavy atom. The second-order valence-corrected chi connectivity index (χ2v) is 4.33. The number of rotatable bonds is 3. The molecule has 3 aromatic rings. The molecule has 5 nitrogen and oxygen atoms in total. The fourth-order valence-corrected chi connectivity index (χ4v) is 2.27. The summed E-state index contributed by atoms with van der Waals surface area (Å²) in [6.07, 6.45) is 0. The first kappa shape index (κ1) is 12.3. The summed E-state index contributed by atoms with van der Waals surface area (Å²) in [7, 11) is 3.27. The SMILES string of the molecule is COc1ccc2nc(N)n(-c3ccccc3OC)c2c1. The number of hydrogen-bond acceptors (Lipinski definition) is 4. The Balaban J connectivity index is 2.32. The molecule has 0 aliphatic rings. The first-order chi connectivity index (χ1) is 9.74. The molecule has 20 heavy (non-hydrogen) atoms. The first-order valence-corrected chi connectivity index (χ1v) is 6.20. The summed E-state index contributed by atoms with van der Waals surface area (Å²) in [6.45, 7) is 0. The summed E-state index contributed by atoms with van der Waals surface area (Å²) in [5, 5.41) is 0. The zero-order chi connectivity index (χ0) is 14.1. The number of anilines is 1. The molecule has 2 N–H and O–H groups in total. The summed E-state index contributed by atoms with van der Waals surface area (Å²) >= 11 is 0. The van der Waals surface area contributed by atoms with Crippen LogP contribution in [0.3, 0.4) is 0 Å². The van der Waals surface area contributed by atoms with Gasteiger partial charge in [-0.1, -0.05) is 12.1 Å². The Kier molecular flexibility index (Phi) is 2.95. The average molecular weight is 269 g/mol. The predicted molar refractivity (Wildman–Crippen MR) is 78.6 cm³/mol. The van der Waals surface area contributed by atoms with Crippen molar-refractivity contribution in [1.82, 2.24) is 9.55 Å². The Morgan fingerprint density at radius 2 is 1.85 bits per heavy atom. The van der Waals surface area contributed by atoms with Crippen molar-refractivity contribution in [1.29, 1.82) is 0 Å². The smallest absolute Gasteiger partial charge is 0.206 e. The molecule has 1 aromatic heterocycles. The number of hydrogen-bond donors (Lipinski definition) is 1. The van der Waals surface area contributed by atoms with E-state index in [1.54, 1.807) is 14.2 Å². The van der Waals surface area contributed by atoms with E-state index in [9.17, 15) is 0 Å². The molecule has 3 rings (SSSR count). The molecule has 0 unspecified atom stereocenters. The van der Waals surface area contributed by atoms with Crippen LogP contribution in [0.15, 0.2) is 42.5 Å². The molecule has 0 saturated heterocycles. The maximum atomic E-state index is 6.06. The van der Waals surface area contributed by atoms with Crippen LogP contribution in [0.1, 0.15) is 0 Å². The lowest BCUT2D eigenvalue weighted by Crippen LogP contribution is -2.02. The van der Waals surface area contributed by atoms with Crippen molar-refractivity contribution < 1.29 is 9.47 Å². The molecule has 0 radical (unpaired) electrons. The standard InChI is InChI=1S/C15H15N3O2/c1-19-10-7-8-11-13(9-10)18(15(16)17-11)12-5-3-4-6-14(12)20-2/h3-9H,1-2H3,(H2,16,17). The number of ether oxygens (including phenoxy) is 2. The number of nitrogens with zero attached hydrogens (tertiary/aromatic N) is 2. The van der Waals surface area contributed by atoms with Gasteiger partial charge in [-0.15, -0.1) is 0 Å². The van der Waals surface area contributed by atoms with Crippen molar-refractivity contribution in [3.63, 3.8) is 0 Å². The second kappa shape index (κ2) is 4.77. The molecule has 0 bridgehead atoms. The molecule has 0 fully saturated rings. The van der Waals surface area contributed by atoms with Gasteiger partial charge in [0.05, 0.1) is 30.9 Å². The normalized spacial score (nSPS) is 10.7. The van der Waals surface area contributed by atoms with Crippen LogP contribution in [0.25, 0.3) is 16.7 Å². The maximum Gasteiger partial charge on any atom is 0.206 e. The largest absolute Gasteiger partial charge is 0.497 e. The minimum Gasteiger partial charge on any atom is -0.497 e. The molecule has 0 amide bonds. The van der Waals surface area contributed by atoms with E-state index in [-0.39, 0.29) is 0 Å². The third-order valence-electron chi connectivity index (χ3n) is 3.21. The number of benzene rings is 2. The molecule has 0 atom stereocenters. The molecular weight excluding hydrogens is 254 g/mol. The summed E-state index contributed by atoms with van der Waals surface area (Å²) in [5.41, 5.74) is 8.60. The Morgan fingerprint density at radius 3 is 2.60 bits per heavy atom. The lowest BCUT2D eigenvalue weighted by molar-refractivity contribution is 0.412. The number of nitrogens with two attached hydrogens (primary N) is 1.